The summed E-state index contributed by atoms with van der Waals surface area (Å²) in [5.41, 5.74) is 1.40. The Hall–Kier alpha value is -5.43. The molecule has 0 amide bonds. The maximum Gasteiger partial charge on any atom is 0.338 e. The maximum absolute atomic E-state index is 14.1. The summed E-state index contributed by atoms with van der Waals surface area (Å²) in [7, 11) is 1.43. The van der Waals surface area contributed by atoms with Crippen LogP contribution in [0.3, 0.4) is 0 Å². The molecule has 12 nitrogen and oxygen atoms in total. The van der Waals surface area contributed by atoms with E-state index in [-0.39, 0.29) is 52.9 Å². The van der Waals surface area contributed by atoms with Gasteiger partial charge in [-0.1, -0.05) is 47.7 Å². The Morgan fingerprint density at radius 3 is 2.64 bits per heavy atom. The van der Waals surface area contributed by atoms with Gasteiger partial charge in [0.05, 0.1) is 52.1 Å². The topological polar surface area (TPSA) is 141 Å². The van der Waals surface area contributed by atoms with Gasteiger partial charge in [0.2, 0.25) is 6.79 Å². The van der Waals surface area contributed by atoms with Crippen molar-refractivity contribution >= 4 is 29.1 Å². The quantitative estimate of drug-likeness (QED) is 0.153. The Labute approximate surface area is 260 Å². The first-order chi connectivity index (χ1) is 21.8. The smallest absolute Gasteiger partial charge is 0.338 e. The van der Waals surface area contributed by atoms with Gasteiger partial charge in [-0.25, -0.2) is 9.79 Å². The van der Waals surface area contributed by atoms with E-state index in [0.717, 1.165) is 16.9 Å². The van der Waals surface area contributed by atoms with Crippen LogP contribution >= 0.6 is 11.3 Å². The van der Waals surface area contributed by atoms with Gasteiger partial charge in [-0.15, -0.1) is 0 Å². The summed E-state index contributed by atoms with van der Waals surface area (Å²) in [5, 5.41) is 12.2. The minimum Gasteiger partial charge on any atom is -0.493 e. The fraction of sp³-hybridized carbons (Fsp3) is 0.219. The molecule has 3 aromatic carbocycles. The molecule has 0 fully saturated rings. The van der Waals surface area contributed by atoms with Crippen LogP contribution in [0, 0.1) is 10.1 Å². The van der Waals surface area contributed by atoms with E-state index < -0.39 is 22.5 Å². The maximum atomic E-state index is 14.1. The normalized spacial score (nSPS) is 15.4. The zero-order valence-corrected chi connectivity index (χ0v) is 25.3. The molecule has 2 aliphatic heterocycles. The minimum absolute atomic E-state index is 0.0550. The fourth-order valence-electron chi connectivity index (χ4n) is 5.18. The molecule has 6 rings (SSSR count). The summed E-state index contributed by atoms with van der Waals surface area (Å²) in [6.45, 7) is 3.73. The average molecular weight is 630 g/mol. The molecule has 0 saturated heterocycles. The number of nitrogens with zero attached hydrogens (tertiary/aromatic N) is 3. The van der Waals surface area contributed by atoms with Crippen molar-refractivity contribution < 1.29 is 33.4 Å². The van der Waals surface area contributed by atoms with Crippen LogP contribution in [0.5, 0.6) is 23.0 Å². The van der Waals surface area contributed by atoms with Crippen LogP contribution in [0.15, 0.2) is 81.7 Å². The van der Waals surface area contributed by atoms with Crippen molar-refractivity contribution in [1.82, 2.24) is 4.57 Å². The molecule has 0 unspecified atom stereocenters. The number of allylic oxidation sites excluding steroid dienone is 1. The standard InChI is InChI=1S/C32H27N3O9S/c1-4-41-31(37)28-18(2)33-32-34(29(28)20-10-11-23-25(12-20)44-17-43-23)30(36)27(45-32)14-21-13-24(40-3)26(15-22(21)35(38)39)42-16-19-8-6-5-7-9-19/h5-15,29H,4,16-17H2,1-3H3/b27-14-/t29-/m0/s1. The largest absolute Gasteiger partial charge is 0.493 e. The Bertz CT molecular complexity index is 2030. The Morgan fingerprint density at radius 2 is 1.91 bits per heavy atom. The summed E-state index contributed by atoms with van der Waals surface area (Å²) < 4.78 is 29.3. The van der Waals surface area contributed by atoms with E-state index in [1.165, 1.54) is 29.9 Å². The van der Waals surface area contributed by atoms with Gasteiger partial charge in [-0.2, -0.15) is 0 Å². The number of fused-ring (bicyclic) bond motifs is 2. The number of nitro groups is 1. The number of methoxy groups -OCH3 is 1. The zero-order chi connectivity index (χ0) is 31.7. The molecule has 13 heteroatoms. The van der Waals surface area contributed by atoms with E-state index in [9.17, 15) is 19.7 Å². The molecular weight excluding hydrogens is 602 g/mol. The molecule has 1 atom stereocenters. The van der Waals surface area contributed by atoms with Crippen molar-refractivity contribution in [2.24, 2.45) is 4.99 Å². The van der Waals surface area contributed by atoms with E-state index in [2.05, 4.69) is 4.99 Å². The number of nitro benzene ring substituents is 1. The van der Waals surface area contributed by atoms with Gasteiger partial charge in [-0.3, -0.25) is 19.5 Å². The first-order valence-corrected chi connectivity index (χ1v) is 14.7. The van der Waals surface area contributed by atoms with Gasteiger partial charge in [0.15, 0.2) is 27.8 Å². The molecule has 0 spiro atoms. The Morgan fingerprint density at radius 1 is 1.13 bits per heavy atom. The lowest BCUT2D eigenvalue weighted by molar-refractivity contribution is -0.385. The van der Waals surface area contributed by atoms with Gasteiger partial charge >= 0.3 is 5.97 Å². The molecule has 0 saturated carbocycles. The number of esters is 1. The van der Waals surface area contributed by atoms with Gasteiger partial charge in [-0.05, 0) is 49.2 Å². The van der Waals surface area contributed by atoms with Crippen molar-refractivity contribution in [2.75, 3.05) is 20.5 Å². The number of carbonyl (C=O) groups is 1. The number of hydrogen-bond acceptors (Lipinski definition) is 11. The number of thiazole rings is 1. The number of hydrogen-bond donors (Lipinski definition) is 0. The predicted octanol–water partition coefficient (Wildman–Crippen LogP) is 4.02. The van der Waals surface area contributed by atoms with Crippen molar-refractivity contribution in [3.63, 3.8) is 0 Å². The zero-order valence-electron chi connectivity index (χ0n) is 24.5. The molecule has 2 aliphatic rings. The SMILES string of the molecule is CCOC(=O)C1=C(C)N=c2s/c(=C\c3cc(OC)c(OCc4ccccc4)cc3[N+](=O)[O-])c(=O)n2[C@H]1c1ccc2c(c1)OCO2. The van der Waals surface area contributed by atoms with Gasteiger partial charge in [0.1, 0.15) is 6.61 Å². The van der Waals surface area contributed by atoms with Crippen LogP contribution in [-0.4, -0.2) is 36.0 Å². The van der Waals surface area contributed by atoms with Crippen LogP contribution in [-0.2, 0) is 16.1 Å². The summed E-state index contributed by atoms with van der Waals surface area (Å²) in [4.78, 5) is 43.8. The summed E-state index contributed by atoms with van der Waals surface area (Å²) in [6, 6.07) is 16.4. The highest BCUT2D eigenvalue weighted by Crippen LogP contribution is 2.39. The highest BCUT2D eigenvalue weighted by atomic mass is 32.1. The van der Waals surface area contributed by atoms with Crippen molar-refractivity contribution in [2.45, 2.75) is 26.5 Å². The first kappa shape index (κ1) is 29.6. The highest BCUT2D eigenvalue weighted by Gasteiger charge is 2.34. The number of ether oxygens (including phenoxy) is 5. The van der Waals surface area contributed by atoms with E-state index in [1.54, 1.807) is 32.0 Å². The van der Waals surface area contributed by atoms with E-state index in [0.29, 0.717) is 27.6 Å². The predicted molar refractivity (Wildman–Crippen MR) is 163 cm³/mol. The molecule has 1 aromatic heterocycles. The molecule has 0 bridgehead atoms. The lowest BCUT2D eigenvalue weighted by Gasteiger charge is -2.24. The first-order valence-electron chi connectivity index (χ1n) is 13.9. The fourth-order valence-corrected chi connectivity index (χ4v) is 6.22. The minimum atomic E-state index is -0.893. The molecule has 230 valence electrons. The molecule has 0 N–H and O–H groups in total. The third-order valence-corrected chi connectivity index (χ3v) is 8.25. The second-order valence-electron chi connectivity index (χ2n) is 10.0. The lowest BCUT2D eigenvalue weighted by atomic mass is 9.95. The van der Waals surface area contributed by atoms with Crippen molar-refractivity contribution in [3.05, 3.63) is 118 Å². The van der Waals surface area contributed by atoms with Crippen LogP contribution in [0.4, 0.5) is 5.69 Å². The van der Waals surface area contributed by atoms with Crippen LogP contribution in [0.2, 0.25) is 0 Å². The molecule has 0 aliphatic carbocycles. The van der Waals surface area contributed by atoms with Crippen LogP contribution < -0.4 is 33.8 Å². The second-order valence-corrected chi connectivity index (χ2v) is 11.0. The molecule has 3 heterocycles. The third kappa shape index (κ3) is 5.65. The van der Waals surface area contributed by atoms with Crippen molar-refractivity contribution in [3.8, 4) is 23.0 Å². The van der Waals surface area contributed by atoms with Gasteiger partial charge in [0, 0.05) is 0 Å². The van der Waals surface area contributed by atoms with Gasteiger partial charge in [0.25, 0.3) is 11.2 Å². The molecule has 4 aromatic rings. The lowest BCUT2D eigenvalue weighted by Crippen LogP contribution is -2.39. The molecule has 45 heavy (non-hydrogen) atoms. The highest BCUT2D eigenvalue weighted by molar-refractivity contribution is 7.07. The molecule has 0 radical (unpaired) electrons. The summed E-state index contributed by atoms with van der Waals surface area (Å²) in [5.74, 6) is 0.854. The summed E-state index contributed by atoms with van der Waals surface area (Å²) >= 11 is 1.05. The Balaban J connectivity index is 1.47. The van der Waals surface area contributed by atoms with E-state index in [1.807, 2.05) is 30.3 Å². The van der Waals surface area contributed by atoms with Crippen LogP contribution in [0.1, 0.15) is 36.6 Å². The number of benzene rings is 3. The monoisotopic (exact) mass is 629 g/mol. The second kappa shape index (κ2) is 12.3. The molecular formula is C32H27N3O9S. The van der Waals surface area contributed by atoms with Crippen LogP contribution in [0.25, 0.3) is 6.08 Å². The average Bonchev–Trinajstić information content (AvgIpc) is 3.63. The summed E-state index contributed by atoms with van der Waals surface area (Å²) in [6.07, 6.45) is 1.42. The Kier molecular flexibility index (Phi) is 8.09. The van der Waals surface area contributed by atoms with Gasteiger partial charge < -0.3 is 23.7 Å². The number of aromatic nitrogens is 1. The third-order valence-electron chi connectivity index (χ3n) is 7.26. The number of rotatable bonds is 9. The number of carbonyl (C=O) groups excluding carboxylic acids is 1. The van der Waals surface area contributed by atoms with E-state index >= 15 is 0 Å². The van der Waals surface area contributed by atoms with Crippen molar-refractivity contribution in [1.29, 1.82) is 0 Å². The van der Waals surface area contributed by atoms with E-state index in [4.69, 9.17) is 23.7 Å².